The number of fused-ring (bicyclic) bond motifs is 1. The average Bonchev–Trinajstić information content (AvgIpc) is 3.19. The number of nitrogens with zero attached hydrogens (tertiary/aromatic N) is 2. The molecule has 0 aliphatic carbocycles. The molecule has 1 aliphatic heterocycles. The van der Waals surface area contributed by atoms with Crippen molar-refractivity contribution in [2.24, 2.45) is 5.92 Å². The summed E-state index contributed by atoms with van der Waals surface area (Å²) in [6, 6.07) is 10.3. The van der Waals surface area contributed by atoms with Crippen molar-refractivity contribution in [3.05, 3.63) is 58.8 Å². The van der Waals surface area contributed by atoms with E-state index in [4.69, 9.17) is 0 Å². The zero-order chi connectivity index (χ0) is 17.2. The highest BCUT2D eigenvalue weighted by molar-refractivity contribution is 7.99. The smallest absolute Gasteiger partial charge is 0.275 e. The third-order valence-corrected chi connectivity index (χ3v) is 5.83. The molecule has 25 heavy (non-hydrogen) atoms. The van der Waals surface area contributed by atoms with Crippen molar-refractivity contribution in [1.82, 2.24) is 19.9 Å². The summed E-state index contributed by atoms with van der Waals surface area (Å²) in [7, 11) is 0. The first-order valence-electron chi connectivity index (χ1n) is 8.32. The molecule has 130 valence electrons. The quantitative estimate of drug-likeness (QED) is 0.608. The van der Waals surface area contributed by atoms with Gasteiger partial charge in [0.2, 0.25) is 0 Å². The Kier molecular flexibility index (Phi) is 4.61. The van der Waals surface area contributed by atoms with Gasteiger partial charge in [0.05, 0.1) is 17.9 Å². The molecule has 7 heteroatoms. The number of hydrogen-bond acceptors (Lipinski definition) is 5. The van der Waals surface area contributed by atoms with E-state index in [2.05, 4.69) is 32.0 Å². The molecule has 3 aromatic rings. The van der Waals surface area contributed by atoms with Gasteiger partial charge in [-0.3, -0.25) is 9.69 Å². The third-order valence-electron chi connectivity index (χ3n) is 4.63. The molecular weight excluding hydrogens is 336 g/mol. The number of aliphatic hydroxyl groups is 1. The molecule has 0 saturated carbocycles. The first-order valence-corrected chi connectivity index (χ1v) is 9.31. The number of H-pyrrole nitrogens is 2. The van der Waals surface area contributed by atoms with Crippen molar-refractivity contribution in [2.45, 2.75) is 17.5 Å². The van der Waals surface area contributed by atoms with Crippen molar-refractivity contribution in [1.29, 1.82) is 0 Å². The Bertz CT molecular complexity index is 908. The van der Waals surface area contributed by atoms with Gasteiger partial charge in [-0.2, -0.15) is 0 Å². The SMILES string of the molecule is O=c1[nH]cnc2c(CN3C[C@H](CSc4ccccc4)[C@H](O)C3)c[nH]c12. The molecule has 1 aromatic carbocycles. The van der Waals surface area contributed by atoms with Crippen LogP contribution in [-0.2, 0) is 6.54 Å². The second-order valence-electron chi connectivity index (χ2n) is 6.41. The van der Waals surface area contributed by atoms with Crippen LogP contribution in [0.2, 0.25) is 0 Å². The molecule has 2 atom stereocenters. The molecule has 3 heterocycles. The van der Waals surface area contributed by atoms with Crippen LogP contribution in [0.4, 0.5) is 0 Å². The Labute approximate surface area is 149 Å². The van der Waals surface area contributed by atoms with Crippen LogP contribution >= 0.6 is 11.8 Å². The fourth-order valence-electron chi connectivity index (χ4n) is 3.32. The first-order chi connectivity index (χ1) is 12.2. The van der Waals surface area contributed by atoms with Crippen molar-refractivity contribution in [3.8, 4) is 0 Å². The van der Waals surface area contributed by atoms with E-state index in [-0.39, 0.29) is 17.6 Å². The topological polar surface area (TPSA) is 85.0 Å². The van der Waals surface area contributed by atoms with E-state index in [0.29, 0.717) is 24.1 Å². The molecule has 0 bridgehead atoms. The van der Waals surface area contributed by atoms with Crippen molar-refractivity contribution in [2.75, 3.05) is 18.8 Å². The van der Waals surface area contributed by atoms with Crippen LogP contribution in [-0.4, -0.2) is 49.9 Å². The lowest BCUT2D eigenvalue weighted by atomic mass is 10.1. The third kappa shape index (κ3) is 3.49. The van der Waals surface area contributed by atoms with E-state index in [1.165, 1.54) is 11.2 Å². The van der Waals surface area contributed by atoms with Crippen LogP contribution in [0.5, 0.6) is 0 Å². The maximum absolute atomic E-state index is 11.8. The van der Waals surface area contributed by atoms with Crippen molar-refractivity contribution in [3.63, 3.8) is 0 Å². The Hall–Kier alpha value is -2.09. The summed E-state index contributed by atoms with van der Waals surface area (Å²) in [4.78, 5) is 25.1. The number of aromatic nitrogens is 3. The van der Waals surface area contributed by atoms with Crippen molar-refractivity contribution < 1.29 is 5.11 Å². The lowest BCUT2D eigenvalue weighted by Gasteiger charge is -2.14. The second-order valence-corrected chi connectivity index (χ2v) is 7.51. The van der Waals surface area contributed by atoms with Crippen LogP contribution in [0.1, 0.15) is 5.56 Å². The number of β-amino-alcohol motifs (C(OH)–C–C–N with tert-alkyl or cyclic N) is 1. The van der Waals surface area contributed by atoms with Gasteiger partial charge in [-0.25, -0.2) is 4.98 Å². The van der Waals surface area contributed by atoms with Crippen LogP contribution in [0.15, 0.2) is 52.5 Å². The number of nitrogens with one attached hydrogen (secondary N) is 2. The molecule has 0 unspecified atom stereocenters. The summed E-state index contributed by atoms with van der Waals surface area (Å²) in [5.41, 5.74) is 2.05. The van der Waals surface area contributed by atoms with Crippen LogP contribution in [0, 0.1) is 5.92 Å². The fraction of sp³-hybridized carbons (Fsp3) is 0.333. The summed E-state index contributed by atoms with van der Waals surface area (Å²) < 4.78 is 0. The Morgan fingerprint density at radius 2 is 2.08 bits per heavy atom. The number of benzene rings is 1. The normalized spacial score (nSPS) is 21.2. The van der Waals surface area contributed by atoms with Crippen molar-refractivity contribution >= 4 is 22.8 Å². The van der Waals surface area contributed by atoms with Gasteiger partial charge in [-0.05, 0) is 12.1 Å². The average molecular weight is 356 g/mol. The number of aliphatic hydroxyl groups excluding tert-OH is 1. The molecule has 1 saturated heterocycles. The number of aromatic amines is 2. The fourth-order valence-corrected chi connectivity index (χ4v) is 4.40. The molecule has 1 aliphatic rings. The molecule has 1 fully saturated rings. The minimum absolute atomic E-state index is 0.158. The van der Waals surface area contributed by atoms with E-state index in [0.717, 1.165) is 17.9 Å². The van der Waals surface area contributed by atoms with Gasteiger partial charge in [-0.1, -0.05) is 18.2 Å². The van der Waals surface area contributed by atoms with Gasteiger partial charge in [0.15, 0.2) is 0 Å². The summed E-state index contributed by atoms with van der Waals surface area (Å²) >= 11 is 1.79. The Balaban J connectivity index is 1.41. The Morgan fingerprint density at radius 3 is 2.92 bits per heavy atom. The zero-order valence-corrected chi connectivity index (χ0v) is 14.5. The van der Waals surface area contributed by atoms with Gasteiger partial charge in [-0.15, -0.1) is 11.8 Å². The minimum Gasteiger partial charge on any atom is -0.391 e. The second kappa shape index (κ2) is 7.03. The van der Waals surface area contributed by atoms with E-state index in [1.54, 1.807) is 11.8 Å². The first kappa shape index (κ1) is 16.4. The van der Waals surface area contributed by atoms with E-state index in [9.17, 15) is 9.90 Å². The maximum Gasteiger partial charge on any atom is 0.275 e. The summed E-state index contributed by atoms with van der Waals surface area (Å²) in [5, 5.41) is 10.4. The van der Waals surface area contributed by atoms with Gasteiger partial charge >= 0.3 is 0 Å². The minimum atomic E-state index is -0.321. The molecular formula is C18H20N4O2S. The molecule has 0 spiro atoms. The predicted octanol–water partition coefficient (Wildman–Crippen LogP) is 1.84. The van der Waals surface area contributed by atoms with Crippen LogP contribution in [0.3, 0.4) is 0 Å². The zero-order valence-electron chi connectivity index (χ0n) is 13.7. The monoisotopic (exact) mass is 356 g/mol. The number of likely N-dealkylation sites (tertiary alicyclic amines) is 1. The predicted molar refractivity (Wildman–Crippen MR) is 98.7 cm³/mol. The van der Waals surface area contributed by atoms with E-state index >= 15 is 0 Å². The number of rotatable bonds is 5. The maximum atomic E-state index is 11.8. The largest absolute Gasteiger partial charge is 0.391 e. The lowest BCUT2D eigenvalue weighted by Crippen LogP contribution is -2.21. The molecule has 0 amide bonds. The Morgan fingerprint density at radius 1 is 1.24 bits per heavy atom. The van der Waals surface area contributed by atoms with Gasteiger partial charge in [0, 0.05) is 48.0 Å². The standard InChI is InChI=1S/C18H20N4O2S/c23-15-9-22(8-13(15)10-25-14-4-2-1-3-5-14)7-12-6-19-17-16(12)20-11-21-18(17)24/h1-6,11,13,15,19,23H,7-10H2,(H,20,21,24)/t13-,15-/m1/s1. The summed E-state index contributed by atoms with van der Waals surface area (Å²) in [6.07, 6.45) is 2.95. The molecule has 3 N–H and O–H groups in total. The lowest BCUT2D eigenvalue weighted by molar-refractivity contribution is 0.149. The van der Waals surface area contributed by atoms with Gasteiger partial charge in [0.25, 0.3) is 5.56 Å². The van der Waals surface area contributed by atoms with E-state index in [1.807, 2.05) is 24.4 Å². The highest BCUT2D eigenvalue weighted by Gasteiger charge is 2.31. The highest BCUT2D eigenvalue weighted by Crippen LogP contribution is 2.27. The van der Waals surface area contributed by atoms with Gasteiger partial charge < -0.3 is 15.1 Å². The number of hydrogen-bond donors (Lipinski definition) is 3. The summed E-state index contributed by atoms with van der Waals surface area (Å²) in [6.45, 7) is 2.17. The van der Waals surface area contributed by atoms with E-state index < -0.39 is 0 Å². The van der Waals surface area contributed by atoms with Gasteiger partial charge in [0.1, 0.15) is 5.52 Å². The molecule has 0 radical (unpaired) electrons. The highest BCUT2D eigenvalue weighted by atomic mass is 32.2. The van der Waals surface area contributed by atoms with Crippen LogP contribution in [0.25, 0.3) is 11.0 Å². The summed E-state index contributed by atoms with van der Waals surface area (Å²) in [5.74, 6) is 1.14. The number of thioether (sulfide) groups is 1. The molecule has 2 aromatic heterocycles. The molecule has 6 nitrogen and oxygen atoms in total. The van der Waals surface area contributed by atoms with Crippen LogP contribution < -0.4 is 5.56 Å². The molecule has 4 rings (SSSR count).